The van der Waals surface area contributed by atoms with Crippen LogP contribution in [0.3, 0.4) is 0 Å². The molecule has 0 bridgehead atoms. The molecular weight excluding hydrogens is 285 g/mol. The predicted molar refractivity (Wildman–Crippen MR) is 38.4 cm³/mol. The van der Waals surface area contributed by atoms with Crippen molar-refractivity contribution in [3.63, 3.8) is 0 Å². The van der Waals surface area contributed by atoms with E-state index in [-0.39, 0.29) is 85.9 Å². The fourth-order valence-electron chi connectivity index (χ4n) is 0. The first kappa shape index (κ1) is 22.5. The van der Waals surface area contributed by atoms with E-state index in [1.807, 2.05) is 0 Å². The zero-order valence-corrected chi connectivity index (χ0v) is 12.5. The number of halogens is 1. The van der Waals surface area contributed by atoms with Crippen LogP contribution < -0.4 is 59.1 Å². The average Bonchev–Trinajstić information content (AvgIpc) is 0.722. The molecule has 0 spiro atoms. The standard InChI is InChI=1S/HI.2Na.H2O3S2.2H/c;;;1-5(2,3)4;;/h1H;;;(H2,1,2,3,4);;/q;2*+1;;2*-1. The molecule has 0 atom stereocenters. The molecule has 8 heteroatoms. The van der Waals surface area contributed by atoms with Gasteiger partial charge in [0.2, 0.25) is 0 Å². The van der Waals surface area contributed by atoms with Gasteiger partial charge in [0.25, 0.3) is 9.05 Å². The summed E-state index contributed by atoms with van der Waals surface area (Å²) < 4.78 is 24.0. The van der Waals surface area contributed by atoms with Gasteiger partial charge in [-0.2, -0.15) is 4.21 Å². The average molecular weight is 290 g/mol. The Labute approximate surface area is 117 Å². The van der Waals surface area contributed by atoms with Crippen LogP contribution in [0.1, 0.15) is 2.85 Å². The van der Waals surface area contributed by atoms with E-state index in [0.717, 1.165) is 0 Å². The molecule has 0 aliphatic heterocycles. The van der Waals surface area contributed by atoms with E-state index >= 15 is 0 Å². The van der Waals surface area contributed by atoms with Crippen LogP contribution in [0.5, 0.6) is 0 Å². The quantitative estimate of drug-likeness (QED) is 0.345. The maximum atomic E-state index is 9.11. The van der Waals surface area contributed by atoms with Crippen molar-refractivity contribution in [1.29, 1.82) is 0 Å². The normalized spacial score (nSPS) is 7.25. The molecule has 44 valence electrons. The largest absolute Gasteiger partial charge is 1.00 e. The molecule has 8 heavy (non-hydrogen) atoms. The van der Waals surface area contributed by atoms with E-state index in [9.17, 15) is 0 Å². The number of hydrogen-bond acceptors (Lipinski definition) is 2. The Morgan fingerprint density at radius 2 is 1.38 bits per heavy atom. The molecule has 0 aromatic carbocycles. The van der Waals surface area contributed by atoms with Gasteiger partial charge in [0, 0.05) is 11.2 Å². The van der Waals surface area contributed by atoms with E-state index in [1.165, 1.54) is 0 Å². The van der Waals surface area contributed by atoms with E-state index < -0.39 is 9.05 Å². The molecule has 0 unspecified atom stereocenters. The van der Waals surface area contributed by atoms with E-state index in [4.69, 9.17) is 13.3 Å². The van der Waals surface area contributed by atoms with Crippen molar-refractivity contribution < 1.29 is 75.3 Å². The van der Waals surface area contributed by atoms with Crippen molar-refractivity contribution in [2.75, 3.05) is 0 Å². The van der Waals surface area contributed by atoms with Gasteiger partial charge in [0.05, 0.1) is 0 Å². The van der Waals surface area contributed by atoms with Crippen LogP contribution in [0.25, 0.3) is 0 Å². The Balaban J connectivity index is -0.00000000800. The third kappa shape index (κ3) is 63.6. The zero-order valence-electron chi connectivity index (χ0n) is 6.53. The van der Waals surface area contributed by atoms with Gasteiger partial charge in [-0.15, -0.1) is 24.0 Å². The second-order valence-corrected chi connectivity index (χ2v) is 2.65. The van der Waals surface area contributed by atoms with Gasteiger partial charge in [0.15, 0.2) is 0 Å². The first-order chi connectivity index (χ1) is 2.00. The first-order valence-corrected chi connectivity index (χ1v) is 3.10. The molecule has 0 aromatic heterocycles. The minimum atomic E-state index is -3.83. The molecule has 0 aliphatic carbocycles. The smallest absolute Gasteiger partial charge is 1.00 e. The SMILES string of the molecule is I.O=S(O)(O)=S.[H-].[H-].[Na+].[Na+]. The van der Waals surface area contributed by atoms with Gasteiger partial charge in [-0.3, -0.25) is 9.11 Å². The summed E-state index contributed by atoms with van der Waals surface area (Å²) in [4.78, 5) is 0. The van der Waals surface area contributed by atoms with Crippen molar-refractivity contribution >= 4 is 44.2 Å². The number of hydrogen-bond donors (Lipinski definition) is 2. The van der Waals surface area contributed by atoms with Crippen LogP contribution in [0.2, 0.25) is 0 Å². The van der Waals surface area contributed by atoms with Crippen LogP contribution in [0.4, 0.5) is 0 Å². The topological polar surface area (TPSA) is 57.5 Å². The minimum absolute atomic E-state index is 0. The molecule has 0 fully saturated rings. The van der Waals surface area contributed by atoms with Crippen LogP contribution in [0.15, 0.2) is 0 Å². The maximum absolute atomic E-state index is 9.11. The van der Waals surface area contributed by atoms with Crippen LogP contribution in [-0.4, -0.2) is 13.3 Å². The van der Waals surface area contributed by atoms with Gasteiger partial charge >= 0.3 is 59.1 Å². The van der Waals surface area contributed by atoms with Gasteiger partial charge < -0.3 is 2.85 Å². The van der Waals surface area contributed by atoms with Crippen molar-refractivity contribution in [2.45, 2.75) is 0 Å². The zero-order chi connectivity index (χ0) is 4.50. The molecule has 0 saturated heterocycles. The Hall–Kier alpha value is 3.02. The van der Waals surface area contributed by atoms with Crippen molar-refractivity contribution in [2.24, 2.45) is 0 Å². The van der Waals surface area contributed by atoms with E-state index in [0.29, 0.717) is 0 Å². The Kier molecular flexibility index (Phi) is 28.1. The predicted octanol–water partition coefficient (Wildman–Crippen LogP) is -5.47. The Morgan fingerprint density at radius 3 is 1.38 bits per heavy atom. The summed E-state index contributed by atoms with van der Waals surface area (Å²) in [5.41, 5.74) is 0. The summed E-state index contributed by atoms with van der Waals surface area (Å²) >= 11 is 3.47. The van der Waals surface area contributed by atoms with Crippen molar-refractivity contribution in [3.05, 3.63) is 0 Å². The summed E-state index contributed by atoms with van der Waals surface area (Å²) in [5, 5.41) is 0. The Bertz CT molecular complexity index is 106. The molecule has 0 amide bonds. The summed E-state index contributed by atoms with van der Waals surface area (Å²) in [6, 6.07) is 0. The van der Waals surface area contributed by atoms with E-state index in [2.05, 4.69) is 11.2 Å². The summed E-state index contributed by atoms with van der Waals surface area (Å²) in [5.74, 6) is 0. The monoisotopic (exact) mass is 290 g/mol. The molecule has 0 rings (SSSR count). The minimum Gasteiger partial charge on any atom is -1.00 e. The maximum Gasteiger partial charge on any atom is 1.00 e. The van der Waals surface area contributed by atoms with Crippen molar-refractivity contribution in [1.82, 2.24) is 0 Å². The molecular formula is H5INa2O3S2. The van der Waals surface area contributed by atoms with Gasteiger partial charge in [-0.25, -0.2) is 0 Å². The van der Waals surface area contributed by atoms with E-state index in [1.54, 1.807) is 0 Å². The summed E-state index contributed by atoms with van der Waals surface area (Å²) in [7, 11) is -3.83. The second kappa shape index (κ2) is 10.0. The Morgan fingerprint density at radius 1 is 1.38 bits per heavy atom. The third-order valence-corrected chi connectivity index (χ3v) is 0. The molecule has 0 radical (unpaired) electrons. The van der Waals surface area contributed by atoms with Gasteiger partial charge in [0.1, 0.15) is 0 Å². The van der Waals surface area contributed by atoms with Crippen LogP contribution >= 0.6 is 24.0 Å². The number of rotatable bonds is 0. The fourth-order valence-corrected chi connectivity index (χ4v) is 0. The summed E-state index contributed by atoms with van der Waals surface area (Å²) in [6.45, 7) is 0. The second-order valence-electron chi connectivity index (χ2n) is 0.448. The molecule has 0 heterocycles. The fraction of sp³-hybridized carbons (Fsp3) is 0. The molecule has 3 nitrogen and oxygen atoms in total. The molecule has 2 N–H and O–H groups in total. The van der Waals surface area contributed by atoms with Gasteiger partial charge in [-0.1, -0.05) is 0 Å². The van der Waals surface area contributed by atoms with Crippen LogP contribution in [0, 0.1) is 0 Å². The van der Waals surface area contributed by atoms with Crippen LogP contribution in [-0.2, 0) is 20.2 Å². The first-order valence-electron chi connectivity index (χ1n) is 0.698. The summed E-state index contributed by atoms with van der Waals surface area (Å²) in [6.07, 6.45) is 0. The molecule has 0 aromatic rings. The van der Waals surface area contributed by atoms with Gasteiger partial charge in [-0.05, 0) is 0 Å². The third-order valence-electron chi connectivity index (χ3n) is 0. The molecule has 0 aliphatic rings. The molecule has 0 saturated carbocycles. The van der Waals surface area contributed by atoms with Crippen molar-refractivity contribution in [3.8, 4) is 0 Å².